The largest absolute Gasteiger partial charge is 0.353 e. The van der Waals surface area contributed by atoms with Crippen LogP contribution >= 0.6 is 0 Å². The Morgan fingerprint density at radius 2 is 1.86 bits per heavy atom. The summed E-state index contributed by atoms with van der Waals surface area (Å²) in [6.45, 7) is 6.56. The first kappa shape index (κ1) is 20.9. The molecule has 0 fully saturated rings. The second kappa shape index (κ2) is 10.1. The van der Waals surface area contributed by atoms with Crippen LogP contribution in [0.2, 0.25) is 0 Å². The molecule has 0 bridgehead atoms. The highest BCUT2D eigenvalue weighted by molar-refractivity contribution is 5.92. The first-order valence-electron chi connectivity index (χ1n) is 10.2. The third-order valence-corrected chi connectivity index (χ3v) is 5.37. The van der Waals surface area contributed by atoms with E-state index in [1.807, 2.05) is 31.2 Å². The topological polar surface area (TPSA) is 73.5 Å². The Bertz CT molecular complexity index is 852. The molecule has 1 heterocycles. The molecular formula is C23H30N4O2. The number of urea groups is 1. The van der Waals surface area contributed by atoms with Gasteiger partial charge < -0.3 is 16.0 Å². The molecule has 0 saturated heterocycles. The zero-order valence-corrected chi connectivity index (χ0v) is 17.2. The van der Waals surface area contributed by atoms with Crippen LogP contribution in [0.15, 0.2) is 48.5 Å². The van der Waals surface area contributed by atoms with E-state index in [2.05, 4.69) is 52.0 Å². The van der Waals surface area contributed by atoms with E-state index in [-0.39, 0.29) is 24.5 Å². The smallest absolute Gasteiger partial charge is 0.319 e. The van der Waals surface area contributed by atoms with Crippen LogP contribution in [0.1, 0.15) is 30.0 Å². The lowest BCUT2D eigenvalue weighted by Gasteiger charge is -2.35. The SMILES string of the molecule is CCC(CNC(=O)CNC(=O)Nc1cccc(C)c1)N1CCc2ccccc2C1. The second-order valence-electron chi connectivity index (χ2n) is 7.53. The van der Waals surface area contributed by atoms with E-state index in [4.69, 9.17) is 0 Å². The second-order valence-corrected chi connectivity index (χ2v) is 7.53. The third-order valence-electron chi connectivity index (χ3n) is 5.37. The van der Waals surface area contributed by atoms with Gasteiger partial charge >= 0.3 is 6.03 Å². The Kier molecular flexibility index (Phi) is 7.25. The number of benzene rings is 2. The zero-order valence-electron chi connectivity index (χ0n) is 17.2. The number of hydrogen-bond donors (Lipinski definition) is 3. The molecule has 3 N–H and O–H groups in total. The van der Waals surface area contributed by atoms with E-state index >= 15 is 0 Å². The summed E-state index contributed by atoms with van der Waals surface area (Å²) >= 11 is 0. The summed E-state index contributed by atoms with van der Waals surface area (Å²) in [5.41, 5.74) is 4.57. The fraction of sp³-hybridized carbons (Fsp3) is 0.391. The van der Waals surface area contributed by atoms with Crippen molar-refractivity contribution in [2.45, 2.75) is 39.3 Å². The molecular weight excluding hydrogens is 364 g/mol. The molecule has 1 atom stereocenters. The quantitative estimate of drug-likeness (QED) is 0.676. The Labute approximate surface area is 172 Å². The number of rotatable bonds is 7. The van der Waals surface area contributed by atoms with Crippen LogP contribution in [0.5, 0.6) is 0 Å². The monoisotopic (exact) mass is 394 g/mol. The maximum absolute atomic E-state index is 12.2. The molecule has 0 spiro atoms. The van der Waals surface area contributed by atoms with Gasteiger partial charge in [0, 0.05) is 31.4 Å². The number of aryl methyl sites for hydroxylation is 1. The summed E-state index contributed by atoms with van der Waals surface area (Å²) in [4.78, 5) is 26.6. The predicted molar refractivity (Wildman–Crippen MR) is 116 cm³/mol. The van der Waals surface area contributed by atoms with Gasteiger partial charge in [0.1, 0.15) is 0 Å². The zero-order chi connectivity index (χ0) is 20.6. The fourth-order valence-corrected chi connectivity index (χ4v) is 3.71. The van der Waals surface area contributed by atoms with Gasteiger partial charge in [-0.2, -0.15) is 0 Å². The molecule has 1 aliphatic rings. The number of fused-ring (bicyclic) bond motifs is 1. The molecule has 0 aromatic heterocycles. The summed E-state index contributed by atoms with van der Waals surface area (Å²) in [6.07, 6.45) is 2.00. The number of hydrogen-bond acceptors (Lipinski definition) is 3. The van der Waals surface area contributed by atoms with Gasteiger partial charge in [-0.15, -0.1) is 0 Å². The van der Waals surface area contributed by atoms with Crippen LogP contribution in [0.4, 0.5) is 10.5 Å². The van der Waals surface area contributed by atoms with Crippen molar-refractivity contribution in [2.24, 2.45) is 0 Å². The molecule has 3 amide bonds. The van der Waals surface area contributed by atoms with E-state index in [9.17, 15) is 9.59 Å². The fourth-order valence-electron chi connectivity index (χ4n) is 3.71. The summed E-state index contributed by atoms with van der Waals surface area (Å²) in [7, 11) is 0. The van der Waals surface area contributed by atoms with Crippen LogP contribution in [-0.4, -0.2) is 42.5 Å². The first-order valence-corrected chi connectivity index (χ1v) is 10.2. The van der Waals surface area contributed by atoms with Crippen LogP contribution in [0, 0.1) is 6.92 Å². The van der Waals surface area contributed by atoms with Crippen LogP contribution < -0.4 is 16.0 Å². The van der Waals surface area contributed by atoms with Crippen molar-refractivity contribution in [1.29, 1.82) is 0 Å². The molecule has 154 valence electrons. The van der Waals surface area contributed by atoms with Crippen molar-refractivity contribution in [3.8, 4) is 0 Å². The van der Waals surface area contributed by atoms with Gasteiger partial charge in [-0.1, -0.05) is 43.3 Å². The summed E-state index contributed by atoms with van der Waals surface area (Å²) in [6, 6.07) is 16.0. The average molecular weight is 395 g/mol. The number of nitrogens with zero attached hydrogens (tertiary/aromatic N) is 1. The van der Waals surface area contributed by atoms with E-state index in [0.717, 1.165) is 31.5 Å². The highest BCUT2D eigenvalue weighted by Crippen LogP contribution is 2.21. The van der Waals surface area contributed by atoms with Crippen LogP contribution in [0.25, 0.3) is 0 Å². The van der Waals surface area contributed by atoms with Crippen LogP contribution in [-0.2, 0) is 17.8 Å². The van der Waals surface area contributed by atoms with Gasteiger partial charge in [0.15, 0.2) is 0 Å². The van der Waals surface area contributed by atoms with Crippen molar-refractivity contribution in [1.82, 2.24) is 15.5 Å². The van der Waals surface area contributed by atoms with Gasteiger partial charge in [-0.3, -0.25) is 9.69 Å². The molecule has 1 aliphatic heterocycles. The maximum atomic E-state index is 12.2. The minimum atomic E-state index is -0.384. The van der Waals surface area contributed by atoms with E-state index in [0.29, 0.717) is 12.2 Å². The molecule has 6 heteroatoms. The minimum Gasteiger partial charge on any atom is -0.353 e. The van der Waals surface area contributed by atoms with Crippen molar-refractivity contribution in [3.63, 3.8) is 0 Å². The number of nitrogens with one attached hydrogen (secondary N) is 3. The summed E-state index contributed by atoms with van der Waals surface area (Å²) in [5.74, 6) is -0.180. The molecule has 0 radical (unpaired) electrons. The van der Waals surface area contributed by atoms with Crippen molar-refractivity contribution >= 4 is 17.6 Å². The van der Waals surface area contributed by atoms with Crippen molar-refractivity contribution in [2.75, 3.05) is 25.0 Å². The summed E-state index contributed by atoms with van der Waals surface area (Å²) < 4.78 is 0. The average Bonchev–Trinajstić information content (AvgIpc) is 2.72. The lowest BCUT2D eigenvalue weighted by molar-refractivity contribution is -0.120. The highest BCUT2D eigenvalue weighted by Gasteiger charge is 2.22. The molecule has 0 saturated carbocycles. The minimum absolute atomic E-state index is 0.0447. The Balaban J connectivity index is 1.41. The Morgan fingerprint density at radius 1 is 1.07 bits per heavy atom. The van der Waals surface area contributed by atoms with Crippen molar-refractivity contribution < 1.29 is 9.59 Å². The van der Waals surface area contributed by atoms with Gasteiger partial charge in [0.2, 0.25) is 5.91 Å². The predicted octanol–water partition coefficient (Wildman–Crippen LogP) is 3.07. The lowest BCUT2D eigenvalue weighted by Crippen LogP contribution is -2.47. The molecule has 6 nitrogen and oxygen atoms in total. The van der Waals surface area contributed by atoms with Gasteiger partial charge in [0.25, 0.3) is 0 Å². The standard InChI is InChI=1S/C23H30N4O2/c1-3-21(27-12-11-18-8-4-5-9-19(18)16-27)14-24-22(28)15-25-23(29)26-20-10-6-7-17(2)13-20/h4-10,13,21H,3,11-12,14-16H2,1-2H3,(H,24,28)(H2,25,26,29). The first-order chi connectivity index (χ1) is 14.0. The Hall–Kier alpha value is -2.86. The summed E-state index contributed by atoms with van der Waals surface area (Å²) in [5, 5.41) is 8.31. The molecule has 1 unspecified atom stereocenters. The number of amides is 3. The molecule has 2 aromatic rings. The molecule has 0 aliphatic carbocycles. The van der Waals surface area contributed by atoms with Gasteiger partial charge in [0.05, 0.1) is 6.54 Å². The lowest BCUT2D eigenvalue weighted by atomic mass is 9.98. The molecule has 2 aromatic carbocycles. The van der Waals surface area contributed by atoms with E-state index in [1.165, 1.54) is 11.1 Å². The number of carbonyl (C=O) groups is 2. The van der Waals surface area contributed by atoms with E-state index < -0.39 is 0 Å². The number of carbonyl (C=O) groups excluding carboxylic acids is 2. The molecule has 29 heavy (non-hydrogen) atoms. The van der Waals surface area contributed by atoms with Crippen LogP contribution in [0.3, 0.4) is 0 Å². The van der Waals surface area contributed by atoms with Gasteiger partial charge in [-0.05, 0) is 48.6 Å². The van der Waals surface area contributed by atoms with Crippen molar-refractivity contribution in [3.05, 3.63) is 65.2 Å². The highest BCUT2D eigenvalue weighted by atomic mass is 16.2. The molecule has 3 rings (SSSR count). The van der Waals surface area contributed by atoms with E-state index in [1.54, 1.807) is 0 Å². The van der Waals surface area contributed by atoms with Gasteiger partial charge in [-0.25, -0.2) is 4.79 Å². The maximum Gasteiger partial charge on any atom is 0.319 e. The normalized spacial score (nSPS) is 14.6. The Morgan fingerprint density at radius 3 is 2.62 bits per heavy atom. The third kappa shape index (κ3) is 6.06. The number of anilines is 1.